The molecule has 0 N–H and O–H groups in total. The lowest BCUT2D eigenvalue weighted by Gasteiger charge is -2.12. The highest BCUT2D eigenvalue weighted by Gasteiger charge is 2.17. The maximum absolute atomic E-state index is 12.2. The number of nitrogens with zero attached hydrogens (tertiary/aromatic N) is 1. The SMILES string of the molecule is COC(=O)c1ccc(OCCCn2c3ccccc3c3ccccc32)c(C(=O)OC)c1. The van der Waals surface area contributed by atoms with E-state index >= 15 is 0 Å². The fraction of sp³-hybridized carbons (Fsp3) is 0.200. The molecule has 0 aliphatic rings. The van der Waals surface area contributed by atoms with Crippen LogP contribution >= 0.6 is 0 Å². The quantitative estimate of drug-likeness (QED) is 0.318. The van der Waals surface area contributed by atoms with E-state index in [9.17, 15) is 9.59 Å². The first-order valence-electron chi connectivity index (χ1n) is 10.0. The molecule has 0 amide bonds. The highest BCUT2D eigenvalue weighted by Crippen LogP contribution is 2.29. The van der Waals surface area contributed by atoms with Crippen molar-refractivity contribution in [1.82, 2.24) is 4.57 Å². The van der Waals surface area contributed by atoms with Crippen molar-refractivity contribution in [1.29, 1.82) is 0 Å². The number of rotatable bonds is 7. The van der Waals surface area contributed by atoms with E-state index < -0.39 is 11.9 Å². The molecule has 0 unspecified atom stereocenters. The summed E-state index contributed by atoms with van der Waals surface area (Å²) in [5, 5.41) is 2.45. The third-order valence-corrected chi connectivity index (χ3v) is 5.27. The molecule has 1 heterocycles. The van der Waals surface area contributed by atoms with E-state index in [0.29, 0.717) is 12.4 Å². The number of carbonyl (C=O) groups excluding carboxylic acids is 2. The number of para-hydroxylation sites is 2. The molecule has 6 nitrogen and oxygen atoms in total. The first-order chi connectivity index (χ1) is 15.1. The van der Waals surface area contributed by atoms with Crippen molar-refractivity contribution < 1.29 is 23.8 Å². The van der Waals surface area contributed by atoms with E-state index in [1.807, 2.05) is 12.1 Å². The number of aryl methyl sites for hydroxylation is 1. The molecule has 4 rings (SSSR count). The van der Waals surface area contributed by atoms with E-state index in [-0.39, 0.29) is 11.1 Å². The standard InChI is InChI=1S/C25H23NO5/c1-29-24(27)17-12-13-23(20(16-17)25(28)30-2)31-15-7-14-26-21-10-5-3-8-18(21)19-9-4-6-11-22(19)26/h3-6,8-13,16H,7,14-15H2,1-2H3. The number of fused-ring (bicyclic) bond motifs is 3. The lowest BCUT2D eigenvalue weighted by molar-refractivity contribution is 0.0595. The van der Waals surface area contributed by atoms with Crippen molar-refractivity contribution in [3.63, 3.8) is 0 Å². The Morgan fingerprint density at radius 3 is 2.03 bits per heavy atom. The van der Waals surface area contributed by atoms with Gasteiger partial charge in [0.15, 0.2) is 0 Å². The van der Waals surface area contributed by atoms with Crippen LogP contribution in [-0.2, 0) is 16.0 Å². The molecular formula is C25H23NO5. The van der Waals surface area contributed by atoms with Crippen molar-refractivity contribution in [2.75, 3.05) is 20.8 Å². The number of ether oxygens (including phenoxy) is 3. The minimum absolute atomic E-state index is 0.197. The highest BCUT2D eigenvalue weighted by molar-refractivity contribution is 6.07. The molecule has 0 radical (unpaired) electrons. The normalized spacial score (nSPS) is 10.9. The van der Waals surface area contributed by atoms with Gasteiger partial charge in [0.05, 0.1) is 26.4 Å². The molecule has 0 atom stereocenters. The fourth-order valence-electron chi connectivity index (χ4n) is 3.82. The second-order valence-electron chi connectivity index (χ2n) is 7.08. The second kappa shape index (κ2) is 8.92. The molecule has 0 bridgehead atoms. The van der Waals surface area contributed by atoms with Gasteiger partial charge in [-0.05, 0) is 36.8 Å². The molecule has 4 aromatic rings. The summed E-state index contributed by atoms with van der Waals surface area (Å²) in [5.74, 6) is -0.715. The van der Waals surface area contributed by atoms with E-state index in [1.165, 1.54) is 42.1 Å². The van der Waals surface area contributed by atoms with E-state index in [4.69, 9.17) is 14.2 Å². The van der Waals surface area contributed by atoms with Crippen molar-refractivity contribution in [3.8, 4) is 5.75 Å². The lowest BCUT2D eigenvalue weighted by atomic mass is 10.1. The molecule has 0 spiro atoms. The third-order valence-electron chi connectivity index (χ3n) is 5.27. The van der Waals surface area contributed by atoms with Gasteiger partial charge in [0.1, 0.15) is 11.3 Å². The molecular weight excluding hydrogens is 394 g/mol. The number of hydrogen-bond acceptors (Lipinski definition) is 5. The van der Waals surface area contributed by atoms with Gasteiger partial charge in [0, 0.05) is 28.4 Å². The van der Waals surface area contributed by atoms with Gasteiger partial charge in [0.2, 0.25) is 0 Å². The van der Waals surface area contributed by atoms with Gasteiger partial charge in [-0.1, -0.05) is 36.4 Å². The van der Waals surface area contributed by atoms with Gasteiger partial charge in [-0.25, -0.2) is 9.59 Å². The monoisotopic (exact) mass is 417 g/mol. The molecule has 0 saturated heterocycles. The Morgan fingerprint density at radius 2 is 1.42 bits per heavy atom. The Hall–Kier alpha value is -3.80. The number of carbonyl (C=O) groups is 2. The summed E-state index contributed by atoms with van der Waals surface area (Å²) in [5.41, 5.74) is 2.82. The van der Waals surface area contributed by atoms with E-state index in [2.05, 4.69) is 41.0 Å². The van der Waals surface area contributed by atoms with Crippen LogP contribution in [0.25, 0.3) is 21.8 Å². The third kappa shape index (κ3) is 3.97. The summed E-state index contributed by atoms with van der Waals surface area (Å²) in [4.78, 5) is 23.9. The molecule has 3 aromatic carbocycles. The Labute approximate surface area is 179 Å². The summed E-state index contributed by atoms with van der Waals surface area (Å²) in [6.07, 6.45) is 0.738. The predicted molar refractivity (Wildman–Crippen MR) is 119 cm³/mol. The van der Waals surface area contributed by atoms with Gasteiger partial charge >= 0.3 is 11.9 Å². The summed E-state index contributed by atoms with van der Waals surface area (Å²) in [6, 6.07) is 21.3. The van der Waals surface area contributed by atoms with Crippen LogP contribution in [0, 0.1) is 0 Å². The van der Waals surface area contributed by atoms with Crippen LogP contribution in [0.15, 0.2) is 66.7 Å². The van der Waals surface area contributed by atoms with Crippen molar-refractivity contribution in [2.24, 2.45) is 0 Å². The van der Waals surface area contributed by atoms with Crippen molar-refractivity contribution in [3.05, 3.63) is 77.9 Å². The number of methoxy groups -OCH3 is 2. The first kappa shape index (κ1) is 20.5. The maximum atomic E-state index is 12.2. The van der Waals surface area contributed by atoms with Gasteiger partial charge in [0.25, 0.3) is 0 Å². The van der Waals surface area contributed by atoms with Crippen molar-refractivity contribution >= 4 is 33.7 Å². The van der Waals surface area contributed by atoms with Crippen LogP contribution in [-0.4, -0.2) is 37.3 Å². The van der Waals surface area contributed by atoms with Gasteiger partial charge < -0.3 is 18.8 Å². The van der Waals surface area contributed by atoms with Gasteiger partial charge in [-0.3, -0.25) is 0 Å². The Bertz CT molecular complexity index is 1200. The molecule has 31 heavy (non-hydrogen) atoms. The van der Waals surface area contributed by atoms with Gasteiger partial charge in [-0.2, -0.15) is 0 Å². The lowest BCUT2D eigenvalue weighted by Crippen LogP contribution is -2.11. The van der Waals surface area contributed by atoms with E-state index in [0.717, 1.165) is 13.0 Å². The Kier molecular flexibility index (Phi) is 5.89. The predicted octanol–water partition coefficient (Wildman–Crippen LogP) is 4.84. The molecule has 0 aliphatic carbocycles. The largest absolute Gasteiger partial charge is 0.493 e. The zero-order valence-corrected chi connectivity index (χ0v) is 17.5. The number of benzene rings is 3. The Morgan fingerprint density at radius 1 is 0.806 bits per heavy atom. The summed E-state index contributed by atoms with van der Waals surface area (Å²) in [6.45, 7) is 1.17. The summed E-state index contributed by atoms with van der Waals surface area (Å²) < 4.78 is 17.7. The zero-order chi connectivity index (χ0) is 21.8. The minimum atomic E-state index is -0.567. The Balaban J connectivity index is 1.51. The number of aromatic nitrogens is 1. The van der Waals surface area contributed by atoms with Crippen LogP contribution in [0.4, 0.5) is 0 Å². The van der Waals surface area contributed by atoms with Crippen LogP contribution in [0.3, 0.4) is 0 Å². The van der Waals surface area contributed by atoms with Crippen molar-refractivity contribution in [2.45, 2.75) is 13.0 Å². The minimum Gasteiger partial charge on any atom is -0.493 e. The second-order valence-corrected chi connectivity index (χ2v) is 7.08. The highest BCUT2D eigenvalue weighted by atomic mass is 16.5. The maximum Gasteiger partial charge on any atom is 0.341 e. The van der Waals surface area contributed by atoms with Crippen LogP contribution in [0.5, 0.6) is 5.75 Å². The van der Waals surface area contributed by atoms with E-state index in [1.54, 1.807) is 12.1 Å². The molecule has 6 heteroatoms. The zero-order valence-electron chi connectivity index (χ0n) is 17.5. The molecule has 158 valence electrons. The number of esters is 2. The average Bonchev–Trinajstić information content (AvgIpc) is 3.14. The summed E-state index contributed by atoms with van der Waals surface area (Å²) in [7, 11) is 2.58. The molecule has 0 fully saturated rings. The molecule has 0 saturated carbocycles. The van der Waals surface area contributed by atoms with Crippen LogP contribution < -0.4 is 4.74 Å². The number of hydrogen-bond donors (Lipinski definition) is 0. The molecule has 1 aromatic heterocycles. The topological polar surface area (TPSA) is 66.8 Å². The van der Waals surface area contributed by atoms with Gasteiger partial charge in [-0.15, -0.1) is 0 Å². The molecule has 0 aliphatic heterocycles. The van der Waals surface area contributed by atoms with Crippen LogP contribution in [0.1, 0.15) is 27.1 Å². The summed E-state index contributed by atoms with van der Waals surface area (Å²) >= 11 is 0. The average molecular weight is 417 g/mol. The fourth-order valence-corrected chi connectivity index (χ4v) is 3.82. The smallest absolute Gasteiger partial charge is 0.341 e. The van der Waals surface area contributed by atoms with Crippen LogP contribution in [0.2, 0.25) is 0 Å². The first-order valence-corrected chi connectivity index (χ1v) is 10.0.